The van der Waals surface area contributed by atoms with Crippen LogP contribution < -0.4 is 5.32 Å². The van der Waals surface area contributed by atoms with Gasteiger partial charge in [0.25, 0.3) is 5.91 Å². The van der Waals surface area contributed by atoms with Crippen LogP contribution in [0.25, 0.3) is 11.0 Å². The third kappa shape index (κ3) is 3.48. The zero-order chi connectivity index (χ0) is 17.1. The van der Waals surface area contributed by atoms with Crippen LogP contribution in [0.2, 0.25) is 0 Å². The SMILES string of the molecule is CCC[C@@H](C)NC(=O)c1cc(C)nc2c1cnn2Cc1cccs1. The fourth-order valence-electron chi connectivity index (χ4n) is 2.83. The lowest BCUT2D eigenvalue weighted by molar-refractivity contribution is 0.0940. The second-order valence-corrected chi connectivity index (χ2v) is 7.13. The Balaban J connectivity index is 1.94. The van der Waals surface area contributed by atoms with Gasteiger partial charge >= 0.3 is 0 Å². The molecule has 3 rings (SSSR count). The number of carbonyl (C=O) groups is 1. The number of hydrogen-bond donors (Lipinski definition) is 1. The van der Waals surface area contributed by atoms with Crippen LogP contribution in [0.15, 0.2) is 29.8 Å². The van der Waals surface area contributed by atoms with Gasteiger partial charge in [-0.05, 0) is 37.8 Å². The third-order valence-corrected chi connectivity index (χ3v) is 4.83. The van der Waals surface area contributed by atoms with Crippen LogP contribution in [0, 0.1) is 6.92 Å². The van der Waals surface area contributed by atoms with E-state index in [9.17, 15) is 4.79 Å². The molecule has 5 nitrogen and oxygen atoms in total. The molecule has 3 aromatic rings. The highest BCUT2D eigenvalue weighted by Gasteiger charge is 2.17. The van der Waals surface area contributed by atoms with Crippen molar-refractivity contribution in [1.29, 1.82) is 0 Å². The number of nitrogens with zero attached hydrogens (tertiary/aromatic N) is 3. The number of hydrogen-bond acceptors (Lipinski definition) is 4. The van der Waals surface area contributed by atoms with Crippen molar-refractivity contribution < 1.29 is 4.79 Å². The Kier molecular flexibility index (Phi) is 4.94. The highest BCUT2D eigenvalue weighted by Crippen LogP contribution is 2.20. The first-order chi connectivity index (χ1) is 11.6. The molecule has 0 bridgehead atoms. The van der Waals surface area contributed by atoms with Gasteiger partial charge in [0.1, 0.15) is 0 Å². The monoisotopic (exact) mass is 342 g/mol. The summed E-state index contributed by atoms with van der Waals surface area (Å²) in [6.07, 6.45) is 3.76. The average Bonchev–Trinajstić information content (AvgIpc) is 3.17. The Morgan fingerprint density at radius 2 is 2.29 bits per heavy atom. The summed E-state index contributed by atoms with van der Waals surface area (Å²) >= 11 is 1.69. The highest BCUT2D eigenvalue weighted by atomic mass is 32.1. The number of thiophene rings is 1. The van der Waals surface area contributed by atoms with E-state index in [1.54, 1.807) is 17.5 Å². The molecule has 0 saturated heterocycles. The normalized spacial score (nSPS) is 12.5. The molecule has 0 saturated carbocycles. The molecule has 3 heterocycles. The van der Waals surface area contributed by atoms with E-state index in [0.717, 1.165) is 29.6 Å². The molecular formula is C18H22N4OS. The second-order valence-electron chi connectivity index (χ2n) is 6.09. The van der Waals surface area contributed by atoms with E-state index in [-0.39, 0.29) is 11.9 Å². The minimum Gasteiger partial charge on any atom is -0.350 e. The Hall–Kier alpha value is -2.21. The van der Waals surface area contributed by atoms with E-state index >= 15 is 0 Å². The molecule has 1 amide bonds. The largest absolute Gasteiger partial charge is 0.350 e. The summed E-state index contributed by atoms with van der Waals surface area (Å²) < 4.78 is 1.86. The van der Waals surface area contributed by atoms with Gasteiger partial charge in [0, 0.05) is 16.6 Å². The molecule has 1 N–H and O–H groups in total. The number of nitrogens with one attached hydrogen (secondary N) is 1. The Morgan fingerprint density at radius 3 is 3.00 bits per heavy atom. The van der Waals surface area contributed by atoms with Crippen LogP contribution in [-0.4, -0.2) is 26.7 Å². The lowest BCUT2D eigenvalue weighted by atomic mass is 10.1. The lowest BCUT2D eigenvalue weighted by Gasteiger charge is -2.13. The molecule has 0 aliphatic rings. The van der Waals surface area contributed by atoms with E-state index in [0.29, 0.717) is 12.1 Å². The molecule has 0 radical (unpaired) electrons. The summed E-state index contributed by atoms with van der Waals surface area (Å²) in [5.74, 6) is -0.0536. The van der Waals surface area contributed by atoms with Crippen molar-refractivity contribution in [2.75, 3.05) is 0 Å². The average molecular weight is 342 g/mol. The van der Waals surface area contributed by atoms with E-state index < -0.39 is 0 Å². The summed E-state index contributed by atoms with van der Waals surface area (Å²) in [5, 5.41) is 10.4. The van der Waals surface area contributed by atoms with Crippen LogP contribution in [0.3, 0.4) is 0 Å². The van der Waals surface area contributed by atoms with Crippen molar-refractivity contribution in [3.8, 4) is 0 Å². The number of pyridine rings is 1. The summed E-state index contributed by atoms with van der Waals surface area (Å²) in [7, 11) is 0. The van der Waals surface area contributed by atoms with Crippen LogP contribution in [0.1, 0.15) is 47.6 Å². The van der Waals surface area contributed by atoms with Gasteiger partial charge in [0.2, 0.25) is 0 Å². The van der Waals surface area contributed by atoms with Gasteiger partial charge in [-0.3, -0.25) is 4.79 Å². The molecule has 1 atom stereocenters. The molecule has 126 valence electrons. The number of aromatic nitrogens is 3. The second kappa shape index (κ2) is 7.13. The van der Waals surface area contributed by atoms with E-state index in [1.165, 1.54) is 4.88 Å². The zero-order valence-corrected chi connectivity index (χ0v) is 15.1. The zero-order valence-electron chi connectivity index (χ0n) is 14.2. The van der Waals surface area contributed by atoms with Crippen molar-refractivity contribution in [3.63, 3.8) is 0 Å². The number of carbonyl (C=O) groups excluding carboxylic acids is 1. The Bertz CT molecular complexity index is 838. The van der Waals surface area contributed by atoms with Crippen LogP contribution in [0.4, 0.5) is 0 Å². The molecule has 24 heavy (non-hydrogen) atoms. The molecule has 0 aliphatic heterocycles. The van der Waals surface area contributed by atoms with Gasteiger partial charge in [-0.25, -0.2) is 9.67 Å². The fraction of sp³-hybridized carbons (Fsp3) is 0.389. The predicted octanol–water partition coefficient (Wildman–Crippen LogP) is 3.77. The van der Waals surface area contributed by atoms with E-state index in [1.807, 2.05) is 36.0 Å². The van der Waals surface area contributed by atoms with Crippen molar-refractivity contribution in [2.24, 2.45) is 0 Å². The number of aryl methyl sites for hydroxylation is 1. The molecule has 0 unspecified atom stereocenters. The quantitative estimate of drug-likeness (QED) is 0.742. The predicted molar refractivity (Wildman–Crippen MR) is 97.5 cm³/mol. The first kappa shape index (κ1) is 16.6. The van der Waals surface area contributed by atoms with Crippen molar-refractivity contribution in [3.05, 3.63) is 45.9 Å². The molecular weight excluding hydrogens is 320 g/mol. The number of amides is 1. The van der Waals surface area contributed by atoms with E-state index in [2.05, 4.69) is 28.4 Å². The lowest BCUT2D eigenvalue weighted by Crippen LogP contribution is -2.32. The van der Waals surface area contributed by atoms with Crippen LogP contribution in [-0.2, 0) is 6.54 Å². The highest BCUT2D eigenvalue weighted by molar-refractivity contribution is 7.09. The molecule has 3 aromatic heterocycles. The van der Waals surface area contributed by atoms with Gasteiger partial charge in [0.05, 0.1) is 23.7 Å². The molecule has 0 aliphatic carbocycles. The maximum Gasteiger partial charge on any atom is 0.252 e. The summed E-state index contributed by atoms with van der Waals surface area (Å²) in [4.78, 5) is 18.5. The van der Waals surface area contributed by atoms with Crippen LogP contribution in [0.5, 0.6) is 0 Å². The fourth-order valence-corrected chi connectivity index (χ4v) is 3.52. The molecule has 0 fully saturated rings. The van der Waals surface area contributed by atoms with Gasteiger partial charge < -0.3 is 5.32 Å². The minimum absolute atomic E-state index is 0.0536. The Labute approximate surface area is 145 Å². The maximum absolute atomic E-state index is 12.6. The standard InChI is InChI=1S/C18H22N4OS/c1-4-6-12(2)21-18(23)15-9-13(3)20-17-16(15)10-19-22(17)11-14-7-5-8-24-14/h5,7-10,12H,4,6,11H2,1-3H3,(H,21,23)/t12-/m1/s1. The maximum atomic E-state index is 12.6. The summed E-state index contributed by atoms with van der Waals surface area (Å²) in [6.45, 7) is 6.73. The van der Waals surface area contributed by atoms with Crippen molar-refractivity contribution in [2.45, 2.75) is 46.2 Å². The summed E-state index contributed by atoms with van der Waals surface area (Å²) in [6, 6.07) is 6.10. The molecule has 0 aromatic carbocycles. The molecule has 6 heteroatoms. The van der Waals surface area contributed by atoms with Gasteiger partial charge in [-0.1, -0.05) is 19.4 Å². The van der Waals surface area contributed by atoms with Crippen LogP contribution >= 0.6 is 11.3 Å². The number of fused-ring (bicyclic) bond motifs is 1. The van der Waals surface area contributed by atoms with Crippen molar-refractivity contribution in [1.82, 2.24) is 20.1 Å². The minimum atomic E-state index is -0.0536. The summed E-state index contributed by atoms with van der Waals surface area (Å²) in [5.41, 5.74) is 2.23. The molecule has 0 spiro atoms. The van der Waals surface area contributed by atoms with Gasteiger partial charge in [-0.2, -0.15) is 5.10 Å². The Morgan fingerprint density at radius 1 is 1.46 bits per heavy atom. The topological polar surface area (TPSA) is 59.8 Å². The van der Waals surface area contributed by atoms with Gasteiger partial charge in [-0.15, -0.1) is 11.3 Å². The number of rotatable bonds is 6. The first-order valence-corrected chi connectivity index (χ1v) is 9.13. The smallest absolute Gasteiger partial charge is 0.252 e. The van der Waals surface area contributed by atoms with E-state index in [4.69, 9.17) is 0 Å². The van der Waals surface area contributed by atoms with Gasteiger partial charge in [0.15, 0.2) is 5.65 Å². The third-order valence-electron chi connectivity index (χ3n) is 3.97. The van der Waals surface area contributed by atoms with Crippen molar-refractivity contribution >= 4 is 28.3 Å². The first-order valence-electron chi connectivity index (χ1n) is 8.25.